The third-order valence-electron chi connectivity index (χ3n) is 3.12. The van der Waals surface area contributed by atoms with Crippen LogP contribution in [0.2, 0.25) is 0 Å². The summed E-state index contributed by atoms with van der Waals surface area (Å²) in [4.78, 5) is 13.9. The number of carbonyl (C=O) groups is 1. The normalized spacial score (nSPS) is 18.8. The van der Waals surface area contributed by atoms with E-state index in [1.807, 2.05) is 41.3 Å². The number of benzene rings is 2. The van der Waals surface area contributed by atoms with E-state index in [4.69, 9.17) is 0 Å². The average molecular weight is 211 g/mol. The van der Waals surface area contributed by atoms with Gasteiger partial charge in [-0.1, -0.05) is 30.3 Å². The zero-order valence-corrected chi connectivity index (χ0v) is 9.18. The molecule has 0 N–H and O–H groups in total. The van der Waals surface area contributed by atoms with Gasteiger partial charge in [-0.3, -0.25) is 4.79 Å². The van der Waals surface area contributed by atoms with E-state index in [1.165, 1.54) is 5.39 Å². The van der Waals surface area contributed by atoms with Gasteiger partial charge in [0.15, 0.2) is 0 Å². The van der Waals surface area contributed by atoms with Crippen molar-refractivity contribution in [1.29, 1.82) is 0 Å². The minimum absolute atomic E-state index is 0.151. The van der Waals surface area contributed by atoms with Crippen molar-refractivity contribution in [2.45, 2.75) is 13.0 Å². The molecule has 0 aromatic heterocycles. The van der Waals surface area contributed by atoms with Crippen LogP contribution in [-0.2, 0) is 0 Å². The topological polar surface area (TPSA) is 20.1 Å². The van der Waals surface area contributed by atoms with Crippen molar-refractivity contribution in [1.82, 2.24) is 4.90 Å². The van der Waals surface area contributed by atoms with E-state index >= 15 is 0 Å². The lowest BCUT2D eigenvalue weighted by molar-refractivity contribution is 0.0876. The molecule has 0 bridgehead atoms. The van der Waals surface area contributed by atoms with Crippen LogP contribution in [0.15, 0.2) is 42.5 Å². The second-order valence-corrected chi connectivity index (χ2v) is 4.37. The van der Waals surface area contributed by atoms with Gasteiger partial charge in [0.2, 0.25) is 0 Å². The van der Waals surface area contributed by atoms with E-state index in [2.05, 4.69) is 13.0 Å². The van der Waals surface area contributed by atoms with Crippen molar-refractivity contribution in [3.05, 3.63) is 48.0 Å². The molecule has 1 unspecified atom stereocenters. The molecule has 0 aliphatic carbocycles. The molecule has 1 amide bonds. The molecule has 2 nitrogen and oxygen atoms in total. The predicted octanol–water partition coefficient (Wildman–Crippen LogP) is 2.68. The van der Waals surface area contributed by atoms with Gasteiger partial charge < -0.3 is 4.90 Å². The highest BCUT2D eigenvalue weighted by Gasteiger charge is 2.34. The first-order chi connectivity index (χ1) is 7.75. The fourth-order valence-electron chi connectivity index (χ4n) is 2.01. The molecule has 0 spiro atoms. The van der Waals surface area contributed by atoms with E-state index in [1.54, 1.807) is 0 Å². The lowest BCUT2D eigenvalue weighted by atomic mass is 10.1. The summed E-state index contributed by atoms with van der Waals surface area (Å²) in [6, 6.07) is 14.4. The predicted molar refractivity (Wildman–Crippen MR) is 64.4 cm³/mol. The SMILES string of the molecule is CC1CN1C(=O)c1ccc2ccccc2c1. The van der Waals surface area contributed by atoms with Gasteiger partial charge in [-0.2, -0.15) is 0 Å². The van der Waals surface area contributed by atoms with Gasteiger partial charge in [0.1, 0.15) is 0 Å². The van der Waals surface area contributed by atoms with Gasteiger partial charge in [0.25, 0.3) is 5.91 Å². The zero-order valence-electron chi connectivity index (χ0n) is 9.18. The molecule has 1 aliphatic heterocycles. The molecule has 1 heterocycles. The Kier molecular flexibility index (Phi) is 1.96. The highest BCUT2D eigenvalue weighted by molar-refractivity contribution is 5.99. The summed E-state index contributed by atoms with van der Waals surface area (Å²) in [5.74, 6) is 0.151. The molecule has 2 heteroatoms. The maximum atomic E-state index is 12.0. The summed E-state index contributed by atoms with van der Waals surface area (Å²) in [5, 5.41) is 2.31. The molecule has 80 valence electrons. The minimum Gasteiger partial charge on any atom is -0.332 e. The van der Waals surface area contributed by atoms with Crippen molar-refractivity contribution in [2.24, 2.45) is 0 Å². The van der Waals surface area contributed by atoms with Crippen LogP contribution in [-0.4, -0.2) is 23.4 Å². The Bertz CT molecular complexity index is 561. The van der Waals surface area contributed by atoms with Crippen molar-refractivity contribution < 1.29 is 4.79 Å². The van der Waals surface area contributed by atoms with E-state index < -0.39 is 0 Å². The van der Waals surface area contributed by atoms with Crippen LogP contribution in [0.5, 0.6) is 0 Å². The van der Waals surface area contributed by atoms with Gasteiger partial charge in [0, 0.05) is 18.2 Å². The Labute approximate surface area is 94.5 Å². The molecule has 3 rings (SSSR count). The third-order valence-corrected chi connectivity index (χ3v) is 3.12. The molecular formula is C14H13NO. The number of hydrogen-bond acceptors (Lipinski definition) is 1. The molecule has 1 fully saturated rings. The van der Waals surface area contributed by atoms with Gasteiger partial charge in [0.05, 0.1) is 0 Å². The number of nitrogens with zero attached hydrogens (tertiary/aromatic N) is 1. The average Bonchev–Trinajstić information content (AvgIpc) is 3.05. The van der Waals surface area contributed by atoms with Crippen LogP contribution in [0.25, 0.3) is 10.8 Å². The quantitative estimate of drug-likeness (QED) is 0.664. The standard InChI is InChI=1S/C14H13NO/c1-10-9-15(10)14(16)13-7-6-11-4-2-3-5-12(11)8-13/h2-8,10H,9H2,1H3. The Balaban J connectivity index is 2.02. The van der Waals surface area contributed by atoms with Crippen molar-refractivity contribution >= 4 is 16.7 Å². The largest absolute Gasteiger partial charge is 0.332 e. The molecule has 0 radical (unpaired) electrons. The summed E-state index contributed by atoms with van der Waals surface area (Å²) in [6.45, 7) is 2.96. The Morgan fingerprint density at radius 3 is 2.56 bits per heavy atom. The fourth-order valence-corrected chi connectivity index (χ4v) is 2.01. The Morgan fingerprint density at radius 2 is 1.88 bits per heavy atom. The van der Waals surface area contributed by atoms with Gasteiger partial charge in [-0.05, 0) is 29.8 Å². The highest BCUT2D eigenvalue weighted by atomic mass is 16.2. The first-order valence-corrected chi connectivity index (χ1v) is 5.55. The molecule has 16 heavy (non-hydrogen) atoms. The van der Waals surface area contributed by atoms with E-state index in [-0.39, 0.29) is 5.91 Å². The van der Waals surface area contributed by atoms with Crippen LogP contribution >= 0.6 is 0 Å². The van der Waals surface area contributed by atoms with E-state index in [0.29, 0.717) is 6.04 Å². The molecule has 1 atom stereocenters. The molecule has 1 aliphatic rings. The number of rotatable bonds is 1. The monoisotopic (exact) mass is 211 g/mol. The number of fused-ring (bicyclic) bond motifs is 1. The molecule has 2 aromatic rings. The lowest BCUT2D eigenvalue weighted by Crippen LogP contribution is -2.12. The summed E-state index contributed by atoms with van der Waals surface area (Å²) in [6.07, 6.45) is 0. The third kappa shape index (κ3) is 1.47. The smallest absolute Gasteiger partial charge is 0.254 e. The van der Waals surface area contributed by atoms with Crippen molar-refractivity contribution in [2.75, 3.05) is 6.54 Å². The zero-order chi connectivity index (χ0) is 11.1. The molecule has 1 saturated heterocycles. The molecular weight excluding hydrogens is 198 g/mol. The van der Waals surface area contributed by atoms with E-state index in [0.717, 1.165) is 17.5 Å². The Hall–Kier alpha value is -1.83. The maximum Gasteiger partial charge on any atom is 0.254 e. The van der Waals surface area contributed by atoms with Gasteiger partial charge >= 0.3 is 0 Å². The van der Waals surface area contributed by atoms with Gasteiger partial charge in [-0.15, -0.1) is 0 Å². The summed E-state index contributed by atoms with van der Waals surface area (Å²) in [7, 11) is 0. The first-order valence-electron chi connectivity index (χ1n) is 5.55. The second kappa shape index (κ2) is 3.34. The van der Waals surface area contributed by atoms with Crippen LogP contribution in [0.1, 0.15) is 17.3 Å². The van der Waals surface area contributed by atoms with Crippen LogP contribution < -0.4 is 0 Å². The van der Waals surface area contributed by atoms with Crippen LogP contribution in [0.3, 0.4) is 0 Å². The number of carbonyl (C=O) groups excluding carboxylic acids is 1. The number of hydrogen-bond donors (Lipinski definition) is 0. The minimum atomic E-state index is 0.151. The van der Waals surface area contributed by atoms with Crippen LogP contribution in [0.4, 0.5) is 0 Å². The molecule has 2 aromatic carbocycles. The first kappa shape index (κ1) is 9.40. The van der Waals surface area contributed by atoms with Crippen molar-refractivity contribution in [3.8, 4) is 0 Å². The molecule has 0 saturated carbocycles. The van der Waals surface area contributed by atoms with E-state index in [9.17, 15) is 4.79 Å². The maximum absolute atomic E-state index is 12.0. The van der Waals surface area contributed by atoms with Gasteiger partial charge in [-0.25, -0.2) is 0 Å². The highest BCUT2D eigenvalue weighted by Crippen LogP contribution is 2.22. The summed E-state index contributed by atoms with van der Waals surface area (Å²) >= 11 is 0. The Morgan fingerprint density at radius 1 is 1.19 bits per heavy atom. The number of amides is 1. The van der Waals surface area contributed by atoms with Crippen molar-refractivity contribution in [3.63, 3.8) is 0 Å². The summed E-state index contributed by atoms with van der Waals surface area (Å²) < 4.78 is 0. The lowest BCUT2D eigenvalue weighted by Gasteiger charge is -2.04. The van der Waals surface area contributed by atoms with Crippen LogP contribution in [0, 0.1) is 0 Å². The summed E-state index contributed by atoms with van der Waals surface area (Å²) in [5.41, 5.74) is 0.794. The second-order valence-electron chi connectivity index (χ2n) is 4.37. The fraction of sp³-hybridized carbons (Fsp3) is 0.214.